The SMILES string of the molecule is CNC(=O)Cc1cc(CNc2ccccc2C(=O)Nc2cc3c(cc2Cl)OC(F)(F)OC3(F)F)ccn1. The fraction of sp³-hybridized carbons (Fsp3) is 0.208. The van der Waals surface area contributed by atoms with Crippen molar-refractivity contribution >= 4 is 34.8 Å². The van der Waals surface area contributed by atoms with Crippen molar-refractivity contribution in [1.29, 1.82) is 0 Å². The van der Waals surface area contributed by atoms with Gasteiger partial charge in [-0.1, -0.05) is 23.7 Å². The van der Waals surface area contributed by atoms with E-state index in [1.165, 1.54) is 13.1 Å². The van der Waals surface area contributed by atoms with E-state index in [0.29, 0.717) is 17.4 Å². The lowest BCUT2D eigenvalue weighted by Gasteiger charge is -2.31. The second-order valence-corrected chi connectivity index (χ2v) is 8.28. The van der Waals surface area contributed by atoms with Crippen LogP contribution < -0.4 is 20.7 Å². The average Bonchev–Trinajstić information content (AvgIpc) is 2.83. The minimum absolute atomic E-state index is 0.109. The Morgan fingerprint density at radius 3 is 2.57 bits per heavy atom. The summed E-state index contributed by atoms with van der Waals surface area (Å²) in [4.78, 5) is 28.8. The Balaban J connectivity index is 1.52. The number of halogens is 5. The monoisotopic (exact) mass is 538 g/mol. The van der Waals surface area contributed by atoms with Crippen LogP contribution in [0.2, 0.25) is 5.02 Å². The highest BCUT2D eigenvalue weighted by Gasteiger charge is 2.54. The molecule has 0 bridgehead atoms. The number of hydrogen-bond donors (Lipinski definition) is 3. The molecule has 0 saturated carbocycles. The van der Waals surface area contributed by atoms with Crippen molar-refractivity contribution in [3.05, 3.63) is 82.1 Å². The summed E-state index contributed by atoms with van der Waals surface area (Å²) in [6.07, 6.45) is -7.27. The Morgan fingerprint density at radius 1 is 1.05 bits per heavy atom. The van der Waals surface area contributed by atoms with E-state index in [9.17, 15) is 27.2 Å². The van der Waals surface area contributed by atoms with Crippen LogP contribution in [0, 0.1) is 0 Å². The number of pyridine rings is 1. The Bertz CT molecular complexity index is 1360. The van der Waals surface area contributed by atoms with Crippen LogP contribution in [0.4, 0.5) is 28.9 Å². The number of amides is 2. The van der Waals surface area contributed by atoms with Gasteiger partial charge in [-0.05, 0) is 35.9 Å². The van der Waals surface area contributed by atoms with Crippen LogP contribution in [0.1, 0.15) is 27.2 Å². The van der Waals surface area contributed by atoms with Crippen LogP contribution in [0.15, 0.2) is 54.7 Å². The molecule has 3 N–H and O–H groups in total. The van der Waals surface area contributed by atoms with Gasteiger partial charge in [0.2, 0.25) is 5.91 Å². The number of likely N-dealkylation sites (N-methyl/N-ethyl adjacent to an activating group) is 1. The van der Waals surface area contributed by atoms with Crippen molar-refractivity contribution in [2.75, 3.05) is 17.7 Å². The van der Waals surface area contributed by atoms with Crippen LogP contribution >= 0.6 is 11.6 Å². The molecule has 2 amide bonds. The number of nitrogens with zero attached hydrogens (tertiary/aromatic N) is 1. The maximum atomic E-state index is 14.1. The van der Waals surface area contributed by atoms with Crippen molar-refractivity contribution in [1.82, 2.24) is 10.3 Å². The molecule has 0 spiro atoms. The fourth-order valence-electron chi connectivity index (χ4n) is 3.53. The highest BCUT2D eigenvalue weighted by molar-refractivity contribution is 6.34. The van der Waals surface area contributed by atoms with E-state index in [0.717, 1.165) is 11.6 Å². The van der Waals surface area contributed by atoms with Crippen LogP contribution in [0.5, 0.6) is 5.75 Å². The number of aromatic nitrogens is 1. The van der Waals surface area contributed by atoms with Gasteiger partial charge < -0.3 is 20.7 Å². The lowest BCUT2D eigenvalue weighted by molar-refractivity contribution is -0.461. The maximum absolute atomic E-state index is 14.1. The Labute approximate surface area is 212 Å². The number of benzene rings is 2. The summed E-state index contributed by atoms with van der Waals surface area (Å²) in [5.74, 6) is -1.77. The molecule has 1 aromatic heterocycles. The first-order valence-electron chi connectivity index (χ1n) is 10.7. The summed E-state index contributed by atoms with van der Waals surface area (Å²) >= 11 is 6.05. The zero-order valence-electron chi connectivity index (χ0n) is 19.1. The number of carbonyl (C=O) groups excluding carboxylic acids is 2. The Morgan fingerprint density at radius 2 is 1.81 bits per heavy atom. The van der Waals surface area contributed by atoms with Crippen LogP contribution in [-0.2, 0) is 28.6 Å². The summed E-state index contributed by atoms with van der Waals surface area (Å²) in [5.41, 5.74) is 0.646. The van der Waals surface area contributed by atoms with Crippen molar-refractivity contribution in [3.8, 4) is 5.75 Å². The normalized spacial score (nSPS) is 15.2. The Hall–Kier alpha value is -3.90. The third kappa shape index (κ3) is 6.09. The van der Waals surface area contributed by atoms with Gasteiger partial charge in [-0.25, -0.2) is 4.74 Å². The van der Waals surface area contributed by atoms with Crippen molar-refractivity contribution in [2.45, 2.75) is 25.4 Å². The van der Waals surface area contributed by atoms with Gasteiger partial charge in [-0.2, -0.15) is 8.78 Å². The number of fused-ring (bicyclic) bond motifs is 1. The molecule has 1 aliphatic heterocycles. The lowest BCUT2D eigenvalue weighted by Crippen LogP contribution is -2.41. The molecule has 8 nitrogen and oxygen atoms in total. The molecule has 3 aromatic rings. The molecular formula is C24H19ClF4N4O4. The molecule has 194 valence electrons. The van der Waals surface area contributed by atoms with Crippen LogP contribution in [0.25, 0.3) is 0 Å². The predicted octanol–water partition coefficient (Wildman–Crippen LogP) is 4.90. The number of rotatable bonds is 7. The van der Waals surface area contributed by atoms with Gasteiger partial charge in [0.15, 0.2) is 0 Å². The molecule has 2 heterocycles. The number of anilines is 2. The average molecular weight is 539 g/mol. The largest absolute Gasteiger partial charge is 0.540 e. The van der Waals surface area contributed by atoms with E-state index in [-0.39, 0.29) is 35.1 Å². The molecule has 0 unspecified atom stereocenters. The summed E-state index contributed by atoms with van der Waals surface area (Å²) in [6.45, 7) is 0.280. The lowest BCUT2D eigenvalue weighted by atomic mass is 10.1. The van der Waals surface area contributed by atoms with Gasteiger partial charge >= 0.3 is 12.4 Å². The van der Waals surface area contributed by atoms with E-state index in [1.807, 2.05) is 0 Å². The van der Waals surface area contributed by atoms with Crippen LogP contribution in [-0.4, -0.2) is 30.1 Å². The first kappa shape index (κ1) is 26.2. The second-order valence-electron chi connectivity index (χ2n) is 7.87. The van der Waals surface area contributed by atoms with E-state index in [1.54, 1.807) is 36.5 Å². The van der Waals surface area contributed by atoms with Gasteiger partial charge in [-0.3, -0.25) is 14.6 Å². The molecule has 4 rings (SSSR count). The molecule has 1 aliphatic rings. The number of hydrogen-bond acceptors (Lipinski definition) is 6. The molecule has 0 atom stereocenters. The molecular weight excluding hydrogens is 520 g/mol. The third-order valence-electron chi connectivity index (χ3n) is 5.26. The van der Waals surface area contributed by atoms with E-state index in [4.69, 9.17) is 11.6 Å². The van der Waals surface area contributed by atoms with Crippen LogP contribution in [0.3, 0.4) is 0 Å². The summed E-state index contributed by atoms with van der Waals surface area (Å²) < 4.78 is 62.5. The minimum atomic E-state index is -4.55. The van der Waals surface area contributed by atoms with Crippen molar-refractivity contribution in [3.63, 3.8) is 0 Å². The van der Waals surface area contributed by atoms with Crippen molar-refractivity contribution < 1.29 is 36.6 Å². The van der Waals surface area contributed by atoms with E-state index in [2.05, 4.69) is 30.4 Å². The predicted molar refractivity (Wildman–Crippen MR) is 126 cm³/mol. The quantitative estimate of drug-likeness (QED) is 0.370. The van der Waals surface area contributed by atoms with Gasteiger partial charge in [0, 0.05) is 37.2 Å². The molecule has 0 fully saturated rings. The molecule has 13 heteroatoms. The highest BCUT2D eigenvalue weighted by atomic mass is 35.5. The number of carbonyl (C=O) groups is 2. The standard InChI is InChI=1S/C24H19ClF4N4O4/c1-30-21(34)9-14-8-13(6-7-31-14)12-32-18-5-3-2-4-15(18)22(35)33-19-10-16-20(11-17(19)25)36-24(28,29)37-23(16,26)27/h2-8,10-11,32H,9,12H2,1H3,(H,30,34)(H,33,35). The van der Waals surface area contributed by atoms with E-state index >= 15 is 0 Å². The first-order chi connectivity index (χ1) is 17.5. The summed E-state index contributed by atoms with van der Waals surface area (Å²) in [6, 6.07) is 11.4. The molecule has 0 aliphatic carbocycles. The number of ether oxygens (including phenoxy) is 2. The Kier molecular flexibility index (Phi) is 7.23. The number of para-hydroxylation sites is 1. The summed E-state index contributed by atoms with van der Waals surface area (Å²) in [7, 11) is 1.53. The minimum Gasteiger partial charge on any atom is -0.409 e. The summed E-state index contributed by atoms with van der Waals surface area (Å²) in [5, 5.41) is 7.75. The third-order valence-corrected chi connectivity index (χ3v) is 5.58. The van der Waals surface area contributed by atoms with Crippen molar-refractivity contribution in [2.24, 2.45) is 0 Å². The highest BCUT2D eigenvalue weighted by Crippen LogP contribution is 2.48. The fourth-order valence-corrected chi connectivity index (χ4v) is 3.73. The van der Waals surface area contributed by atoms with Gasteiger partial charge in [0.1, 0.15) is 5.75 Å². The van der Waals surface area contributed by atoms with Gasteiger partial charge in [0.25, 0.3) is 5.91 Å². The topological polar surface area (TPSA) is 102 Å². The molecule has 2 aromatic carbocycles. The van der Waals surface area contributed by atoms with Gasteiger partial charge in [0.05, 0.1) is 28.3 Å². The van der Waals surface area contributed by atoms with Gasteiger partial charge in [-0.15, -0.1) is 8.78 Å². The number of nitrogens with one attached hydrogen (secondary N) is 3. The number of alkyl halides is 4. The smallest absolute Gasteiger partial charge is 0.409 e. The molecule has 37 heavy (non-hydrogen) atoms. The maximum Gasteiger partial charge on any atom is 0.540 e. The second kappa shape index (κ2) is 10.2. The first-order valence-corrected chi connectivity index (χ1v) is 11.1. The zero-order valence-corrected chi connectivity index (χ0v) is 19.8. The zero-order chi connectivity index (χ0) is 26.8. The molecule has 0 radical (unpaired) electrons. The molecule has 0 saturated heterocycles. The van der Waals surface area contributed by atoms with E-state index < -0.39 is 29.6 Å².